The maximum Gasteiger partial charge on any atom is 0.305 e. The number of esters is 1. The minimum absolute atomic E-state index is 0.0534. The lowest BCUT2D eigenvalue weighted by Crippen LogP contribution is -2.47. The molecule has 0 aromatic rings. The Morgan fingerprint density at radius 1 is 1.41 bits per heavy atom. The van der Waals surface area contributed by atoms with Crippen molar-refractivity contribution in [2.24, 2.45) is 0 Å². The molecular weight excluding hydrogens is 230 g/mol. The van der Waals surface area contributed by atoms with Crippen molar-refractivity contribution in [3.05, 3.63) is 0 Å². The van der Waals surface area contributed by atoms with Crippen molar-refractivity contribution >= 4 is 17.8 Å². The second-order valence-electron chi connectivity index (χ2n) is 3.64. The van der Waals surface area contributed by atoms with Gasteiger partial charge in [-0.3, -0.25) is 14.4 Å². The molecule has 0 aromatic carbocycles. The van der Waals surface area contributed by atoms with E-state index in [1.807, 2.05) is 0 Å². The lowest BCUT2D eigenvalue weighted by molar-refractivity contribution is -0.194. The Kier molecular flexibility index (Phi) is 4.89. The van der Waals surface area contributed by atoms with Crippen LogP contribution < -0.4 is 0 Å². The fraction of sp³-hybridized carbons (Fsp3) is 0.700. The molecule has 1 aliphatic heterocycles. The van der Waals surface area contributed by atoms with Crippen LogP contribution in [0.3, 0.4) is 0 Å². The summed E-state index contributed by atoms with van der Waals surface area (Å²) in [6.45, 7) is 2.07. The maximum absolute atomic E-state index is 11.6. The Hall–Kier alpha value is -1.63. The quantitative estimate of drug-likeness (QED) is 0.677. The number of ether oxygens (including phenoxy) is 2. The molecule has 0 saturated carbocycles. The van der Waals surface area contributed by atoms with E-state index in [2.05, 4.69) is 0 Å². The third-order valence-corrected chi connectivity index (χ3v) is 2.24. The van der Waals surface area contributed by atoms with E-state index in [4.69, 9.17) is 14.6 Å². The molecule has 1 rings (SSSR count). The number of carbonyl (C=O) groups excluding carboxylic acids is 2. The fourth-order valence-electron chi connectivity index (χ4n) is 1.47. The number of amides is 1. The van der Waals surface area contributed by atoms with E-state index in [0.29, 0.717) is 6.54 Å². The Balaban J connectivity index is 2.40. The molecule has 1 saturated heterocycles. The van der Waals surface area contributed by atoms with Gasteiger partial charge >= 0.3 is 11.9 Å². The molecule has 1 fully saturated rings. The average Bonchev–Trinajstić information content (AvgIpc) is 2.25. The zero-order valence-corrected chi connectivity index (χ0v) is 9.55. The van der Waals surface area contributed by atoms with Crippen LogP contribution in [0.2, 0.25) is 0 Å². The average molecular weight is 245 g/mol. The SMILES string of the molecule is CC(=O)OC1CN(C(=O)CCC(=O)O)CCO1. The molecule has 0 bridgehead atoms. The largest absolute Gasteiger partial charge is 0.481 e. The summed E-state index contributed by atoms with van der Waals surface area (Å²) in [6.07, 6.45) is -1.01. The van der Waals surface area contributed by atoms with Crippen molar-refractivity contribution in [3.63, 3.8) is 0 Å². The number of rotatable bonds is 4. The first-order valence-electron chi connectivity index (χ1n) is 5.27. The van der Waals surface area contributed by atoms with Crippen molar-refractivity contribution < 1.29 is 29.0 Å². The van der Waals surface area contributed by atoms with Gasteiger partial charge in [-0.15, -0.1) is 0 Å². The Labute approximate surface area is 98.3 Å². The predicted molar refractivity (Wildman–Crippen MR) is 55.0 cm³/mol. The van der Waals surface area contributed by atoms with Crippen molar-refractivity contribution in [3.8, 4) is 0 Å². The number of hydrogen-bond donors (Lipinski definition) is 1. The van der Waals surface area contributed by atoms with Gasteiger partial charge in [0.15, 0.2) is 0 Å². The van der Waals surface area contributed by atoms with E-state index < -0.39 is 18.2 Å². The summed E-state index contributed by atoms with van der Waals surface area (Å²) in [5.74, 6) is -1.76. The van der Waals surface area contributed by atoms with E-state index >= 15 is 0 Å². The number of nitrogens with zero attached hydrogens (tertiary/aromatic N) is 1. The van der Waals surface area contributed by atoms with Crippen molar-refractivity contribution in [1.29, 1.82) is 0 Å². The summed E-state index contributed by atoms with van der Waals surface area (Å²) in [5, 5.41) is 8.47. The Bertz CT molecular complexity index is 316. The summed E-state index contributed by atoms with van der Waals surface area (Å²) in [4.78, 5) is 34.1. The highest BCUT2D eigenvalue weighted by Gasteiger charge is 2.26. The van der Waals surface area contributed by atoms with Gasteiger partial charge in [0, 0.05) is 19.9 Å². The maximum atomic E-state index is 11.6. The van der Waals surface area contributed by atoms with E-state index in [1.165, 1.54) is 11.8 Å². The number of morpholine rings is 1. The molecule has 0 spiro atoms. The highest BCUT2D eigenvalue weighted by molar-refractivity contribution is 5.80. The second kappa shape index (κ2) is 6.19. The van der Waals surface area contributed by atoms with Crippen LogP contribution in [-0.2, 0) is 23.9 Å². The molecular formula is C10H15NO6. The Morgan fingerprint density at radius 3 is 2.71 bits per heavy atom. The molecule has 0 aromatic heterocycles. The normalized spacial score (nSPS) is 19.8. The lowest BCUT2D eigenvalue weighted by atomic mass is 10.2. The first-order valence-corrected chi connectivity index (χ1v) is 5.27. The molecule has 1 unspecified atom stereocenters. The standard InChI is InChI=1S/C10H15NO6/c1-7(12)17-10-6-11(4-5-16-10)8(13)2-3-9(14)15/h10H,2-6H2,1H3,(H,14,15). The summed E-state index contributed by atoms with van der Waals surface area (Å²) >= 11 is 0. The van der Waals surface area contributed by atoms with Crippen LogP contribution >= 0.6 is 0 Å². The van der Waals surface area contributed by atoms with Crippen LogP contribution in [0.5, 0.6) is 0 Å². The number of hydrogen-bond acceptors (Lipinski definition) is 5. The first-order chi connectivity index (χ1) is 7.99. The molecule has 17 heavy (non-hydrogen) atoms. The first kappa shape index (κ1) is 13.4. The van der Waals surface area contributed by atoms with Gasteiger partial charge in [-0.2, -0.15) is 0 Å². The summed E-state index contributed by atoms with van der Waals surface area (Å²) < 4.78 is 9.97. The molecule has 0 aliphatic carbocycles. The van der Waals surface area contributed by atoms with Gasteiger partial charge in [-0.25, -0.2) is 0 Å². The van der Waals surface area contributed by atoms with Gasteiger partial charge < -0.3 is 19.5 Å². The van der Waals surface area contributed by atoms with E-state index in [0.717, 1.165) is 0 Å². The molecule has 1 aliphatic rings. The Morgan fingerprint density at radius 2 is 2.12 bits per heavy atom. The van der Waals surface area contributed by atoms with Gasteiger partial charge in [0.2, 0.25) is 12.2 Å². The highest BCUT2D eigenvalue weighted by atomic mass is 16.7. The third-order valence-electron chi connectivity index (χ3n) is 2.24. The van der Waals surface area contributed by atoms with Crippen LogP contribution in [0.15, 0.2) is 0 Å². The van der Waals surface area contributed by atoms with Crippen molar-refractivity contribution in [1.82, 2.24) is 4.90 Å². The lowest BCUT2D eigenvalue weighted by Gasteiger charge is -2.32. The summed E-state index contributed by atoms with van der Waals surface area (Å²) in [5.41, 5.74) is 0. The monoisotopic (exact) mass is 245 g/mol. The summed E-state index contributed by atoms with van der Waals surface area (Å²) in [6, 6.07) is 0. The van der Waals surface area contributed by atoms with Gasteiger partial charge in [0.25, 0.3) is 0 Å². The smallest absolute Gasteiger partial charge is 0.305 e. The minimum atomic E-state index is -1.01. The molecule has 1 atom stereocenters. The topological polar surface area (TPSA) is 93.1 Å². The van der Waals surface area contributed by atoms with Crippen LogP contribution in [-0.4, -0.2) is 53.8 Å². The van der Waals surface area contributed by atoms with E-state index in [9.17, 15) is 14.4 Å². The number of carbonyl (C=O) groups is 3. The molecule has 1 amide bonds. The molecule has 1 N–H and O–H groups in total. The second-order valence-corrected chi connectivity index (χ2v) is 3.64. The molecule has 96 valence electrons. The van der Waals surface area contributed by atoms with Crippen LogP contribution in [0.4, 0.5) is 0 Å². The van der Waals surface area contributed by atoms with Gasteiger partial charge in [-0.1, -0.05) is 0 Å². The molecule has 7 heteroatoms. The number of carboxylic acids is 1. The third kappa shape index (κ3) is 4.81. The molecule has 0 radical (unpaired) electrons. The van der Waals surface area contributed by atoms with Crippen LogP contribution in [0, 0.1) is 0 Å². The van der Waals surface area contributed by atoms with Crippen LogP contribution in [0.25, 0.3) is 0 Å². The minimum Gasteiger partial charge on any atom is -0.481 e. The zero-order chi connectivity index (χ0) is 12.8. The fourth-order valence-corrected chi connectivity index (χ4v) is 1.47. The van der Waals surface area contributed by atoms with Gasteiger partial charge in [-0.05, 0) is 0 Å². The predicted octanol–water partition coefficient (Wildman–Crippen LogP) is -0.401. The summed E-state index contributed by atoms with van der Waals surface area (Å²) in [7, 11) is 0. The van der Waals surface area contributed by atoms with Gasteiger partial charge in [0.1, 0.15) is 0 Å². The molecule has 1 heterocycles. The van der Waals surface area contributed by atoms with Crippen molar-refractivity contribution in [2.45, 2.75) is 26.1 Å². The van der Waals surface area contributed by atoms with E-state index in [-0.39, 0.29) is 31.9 Å². The van der Waals surface area contributed by atoms with Crippen molar-refractivity contribution in [2.75, 3.05) is 19.7 Å². The molecule has 7 nitrogen and oxygen atoms in total. The number of carboxylic acid groups (broad SMARTS) is 1. The number of aliphatic carboxylic acids is 1. The van der Waals surface area contributed by atoms with E-state index in [1.54, 1.807) is 0 Å². The van der Waals surface area contributed by atoms with Gasteiger partial charge in [0.05, 0.1) is 19.6 Å². The van der Waals surface area contributed by atoms with Crippen LogP contribution in [0.1, 0.15) is 19.8 Å². The zero-order valence-electron chi connectivity index (χ0n) is 9.55. The highest BCUT2D eigenvalue weighted by Crippen LogP contribution is 2.09.